The van der Waals surface area contributed by atoms with Crippen LogP contribution in [0.1, 0.15) is 22.6 Å². The fraction of sp³-hybridized carbons (Fsp3) is 0.190. The average molecular weight is 424 g/mol. The van der Waals surface area contributed by atoms with Crippen molar-refractivity contribution in [3.63, 3.8) is 0 Å². The van der Waals surface area contributed by atoms with Crippen molar-refractivity contribution in [3.8, 4) is 11.8 Å². The highest BCUT2D eigenvalue weighted by atomic mass is 35.5. The third-order valence-corrected chi connectivity index (χ3v) is 4.39. The smallest absolute Gasteiger partial charge is 0.361 e. The van der Waals surface area contributed by atoms with Crippen molar-refractivity contribution in [1.82, 2.24) is 15.0 Å². The lowest BCUT2D eigenvalue weighted by Gasteiger charge is -2.21. The normalized spacial score (nSPS) is 10.3. The molecule has 0 fully saturated rings. The first-order valence-electron chi connectivity index (χ1n) is 9.09. The monoisotopic (exact) mass is 423 g/mol. The summed E-state index contributed by atoms with van der Waals surface area (Å²) in [7, 11) is 0. The van der Waals surface area contributed by atoms with Gasteiger partial charge in [-0.3, -0.25) is 4.79 Å². The number of amides is 1. The number of carbonyl (C=O) groups is 2. The van der Waals surface area contributed by atoms with Crippen LogP contribution >= 0.6 is 11.6 Å². The Labute approximate surface area is 178 Å². The molecule has 0 N–H and O–H groups in total. The lowest BCUT2D eigenvalue weighted by molar-refractivity contribution is -0.121. The molecule has 1 heterocycles. The lowest BCUT2D eigenvalue weighted by atomic mass is 10.2. The fourth-order valence-electron chi connectivity index (χ4n) is 2.72. The van der Waals surface area contributed by atoms with Gasteiger partial charge >= 0.3 is 5.97 Å². The number of aromatic nitrogens is 3. The molecule has 0 unspecified atom stereocenters. The second-order valence-electron chi connectivity index (χ2n) is 6.27. The highest BCUT2D eigenvalue weighted by Crippen LogP contribution is 2.20. The van der Waals surface area contributed by atoms with E-state index in [4.69, 9.17) is 21.6 Å². The number of hydrogen-bond acceptors (Lipinski definition) is 6. The third kappa shape index (κ3) is 5.01. The predicted octanol–water partition coefficient (Wildman–Crippen LogP) is 3.33. The summed E-state index contributed by atoms with van der Waals surface area (Å²) in [5, 5.41) is 17.7. The van der Waals surface area contributed by atoms with Crippen molar-refractivity contribution in [3.05, 3.63) is 71.0 Å². The standard InChI is InChI=1S/C21H18ClN5O3/c1-15-20(25-27(24-15)17-8-3-2-4-9-17)21(29)30-14-19(28)26(12-6-11-23)18-10-5-7-16(22)13-18/h2-5,7-10,13H,6,12,14H2,1H3. The zero-order chi connectivity index (χ0) is 21.5. The number of nitrogens with zero attached hydrogens (tertiary/aromatic N) is 5. The molecule has 0 bridgehead atoms. The Balaban J connectivity index is 1.70. The van der Waals surface area contributed by atoms with Crippen LogP contribution in [0, 0.1) is 18.3 Å². The molecule has 8 nitrogen and oxygen atoms in total. The first kappa shape index (κ1) is 21.0. The Bertz CT molecular complexity index is 1090. The van der Waals surface area contributed by atoms with Gasteiger partial charge in [-0.25, -0.2) is 4.79 Å². The van der Waals surface area contributed by atoms with E-state index in [1.807, 2.05) is 24.3 Å². The van der Waals surface area contributed by atoms with Crippen LogP contribution in [-0.4, -0.2) is 40.0 Å². The molecule has 0 saturated heterocycles. The summed E-state index contributed by atoms with van der Waals surface area (Å²) in [4.78, 5) is 27.8. The van der Waals surface area contributed by atoms with Gasteiger partial charge in [0.05, 0.1) is 23.9 Å². The van der Waals surface area contributed by atoms with Crippen LogP contribution in [-0.2, 0) is 9.53 Å². The first-order chi connectivity index (χ1) is 14.5. The van der Waals surface area contributed by atoms with Crippen molar-refractivity contribution in [1.29, 1.82) is 5.26 Å². The molecule has 1 amide bonds. The Kier molecular flexibility index (Phi) is 6.78. The highest BCUT2D eigenvalue weighted by molar-refractivity contribution is 6.30. The van der Waals surface area contributed by atoms with Gasteiger partial charge in [0, 0.05) is 17.3 Å². The zero-order valence-corrected chi connectivity index (χ0v) is 16.9. The number of benzene rings is 2. The maximum absolute atomic E-state index is 12.7. The molecule has 0 aliphatic carbocycles. The maximum Gasteiger partial charge on any atom is 0.361 e. The number of anilines is 1. The summed E-state index contributed by atoms with van der Waals surface area (Å²) in [5.41, 5.74) is 1.62. The predicted molar refractivity (Wildman–Crippen MR) is 110 cm³/mol. The van der Waals surface area contributed by atoms with E-state index in [9.17, 15) is 9.59 Å². The number of rotatable bonds is 7. The Morgan fingerprint density at radius 1 is 1.17 bits per heavy atom. The van der Waals surface area contributed by atoms with E-state index in [0.29, 0.717) is 22.1 Å². The molecule has 3 aromatic rings. The van der Waals surface area contributed by atoms with E-state index in [0.717, 1.165) is 0 Å². The van der Waals surface area contributed by atoms with Crippen LogP contribution in [0.25, 0.3) is 5.69 Å². The fourth-order valence-corrected chi connectivity index (χ4v) is 2.91. The minimum Gasteiger partial charge on any atom is -0.451 e. The van der Waals surface area contributed by atoms with Gasteiger partial charge in [0.1, 0.15) is 0 Å². The Morgan fingerprint density at radius 2 is 1.93 bits per heavy atom. The molecule has 1 aromatic heterocycles. The van der Waals surface area contributed by atoms with Crippen LogP contribution in [0.5, 0.6) is 0 Å². The second-order valence-corrected chi connectivity index (χ2v) is 6.70. The van der Waals surface area contributed by atoms with Crippen molar-refractivity contribution in [2.45, 2.75) is 13.3 Å². The van der Waals surface area contributed by atoms with E-state index in [2.05, 4.69) is 10.2 Å². The first-order valence-corrected chi connectivity index (χ1v) is 9.47. The molecule has 0 saturated carbocycles. The summed E-state index contributed by atoms with van der Waals surface area (Å²) in [5.74, 6) is -1.23. The van der Waals surface area contributed by atoms with Gasteiger partial charge in [-0.05, 0) is 37.3 Å². The molecule has 9 heteroatoms. The van der Waals surface area contributed by atoms with Gasteiger partial charge in [-0.2, -0.15) is 15.2 Å². The lowest BCUT2D eigenvalue weighted by Crippen LogP contribution is -2.35. The van der Waals surface area contributed by atoms with Crippen LogP contribution in [0.4, 0.5) is 5.69 Å². The van der Waals surface area contributed by atoms with Crippen molar-refractivity contribution in [2.75, 3.05) is 18.1 Å². The minimum atomic E-state index is -0.755. The molecular formula is C21H18ClN5O3. The van der Waals surface area contributed by atoms with Crippen LogP contribution < -0.4 is 4.90 Å². The molecule has 0 spiro atoms. The molecule has 152 valence electrons. The van der Waals surface area contributed by atoms with E-state index in [-0.39, 0.29) is 18.7 Å². The number of ether oxygens (including phenoxy) is 1. The van der Waals surface area contributed by atoms with E-state index in [1.54, 1.807) is 43.3 Å². The van der Waals surface area contributed by atoms with E-state index >= 15 is 0 Å². The number of aryl methyl sites for hydroxylation is 1. The van der Waals surface area contributed by atoms with Crippen molar-refractivity contribution < 1.29 is 14.3 Å². The minimum absolute atomic E-state index is 0.0259. The summed E-state index contributed by atoms with van der Waals surface area (Å²) in [6.07, 6.45) is 0.122. The Hall–Kier alpha value is -3.70. The van der Waals surface area contributed by atoms with Crippen molar-refractivity contribution in [2.24, 2.45) is 0 Å². The molecular weight excluding hydrogens is 406 g/mol. The molecule has 0 aliphatic heterocycles. The topological polar surface area (TPSA) is 101 Å². The van der Waals surface area contributed by atoms with Crippen LogP contribution in [0.15, 0.2) is 54.6 Å². The molecule has 2 aromatic carbocycles. The van der Waals surface area contributed by atoms with Gasteiger partial charge in [0.15, 0.2) is 12.3 Å². The number of hydrogen-bond donors (Lipinski definition) is 0. The number of nitriles is 1. The summed E-state index contributed by atoms with van der Waals surface area (Å²) in [6, 6.07) is 17.8. The summed E-state index contributed by atoms with van der Waals surface area (Å²) >= 11 is 6.00. The molecule has 0 radical (unpaired) electrons. The molecule has 3 rings (SSSR count). The quantitative estimate of drug-likeness (QED) is 0.540. The highest BCUT2D eigenvalue weighted by Gasteiger charge is 2.22. The van der Waals surface area contributed by atoms with E-state index < -0.39 is 18.5 Å². The molecule has 0 aliphatic rings. The van der Waals surface area contributed by atoms with Gasteiger partial charge < -0.3 is 9.64 Å². The molecule has 30 heavy (non-hydrogen) atoms. The zero-order valence-electron chi connectivity index (χ0n) is 16.2. The third-order valence-electron chi connectivity index (χ3n) is 4.16. The number of carbonyl (C=O) groups excluding carboxylic acids is 2. The summed E-state index contributed by atoms with van der Waals surface area (Å²) in [6.45, 7) is 1.28. The Morgan fingerprint density at radius 3 is 2.63 bits per heavy atom. The van der Waals surface area contributed by atoms with Gasteiger partial charge in [0.25, 0.3) is 5.91 Å². The maximum atomic E-state index is 12.7. The van der Waals surface area contributed by atoms with E-state index in [1.165, 1.54) is 9.70 Å². The average Bonchev–Trinajstić information content (AvgIpc) is 3.15. The van der Waals surface area contributed by atoms with Crippen LogP contribution in [0.3, 0.4) is 0 Å². The summed E-state index contributed by atoms with van der Waals surface area (Å²) < 4.78 is 5.17. The number of esters is 1. The van der Waals surface area contributed by atoms with Crippen molar-refractivity contribution >= 4 is 29.2 Å². The largest absolute Gasteiger partial charge is 0.451 e. The van der Waals surface area contributed by atoms with Gasteiger partial charge in [-0.15, -0.1) is 5.10 Å². The van der Waals surface area contributed by atoms with Gasteiger partial charge in [-0.1, -0.05) is 35.9 Å². The second kappa shape index (κ2) is 9.67. The number of halogens is 1. The SMILES string of the molecule is Cc1nn(-c2ccccc2)nc1C(=O)OCC(=O)N(CCC#N)c1cccc(Cl)c1. The van der Waals surface area contributed by atoms with Crippen LogP contribution in [0.2, 0.25) is 5.02 Å². The van der Waals surface area contributed by atoms with Gasteiger partial charge in [0.2, 0.25) is 0 Å². The molecule has 0 atom stereocenters. The number of para-hydroxylation sites is 1.